The van der Waals surface area contributed by atoms with Crippen LogP contribution in [0.25, 0.3) is 0 Å². The van der Waals surface area contributed by atoms with E-state index in [1.165, 1.54) is 11.3 Å². The molecule has 176 valence electrons. The lowest BCUT2D eigenvalue weighted by Crippen LogP contribution is -2.46. The molecule has 0 radical (unpaired) electrons. The largest absolute Gasteiger partial charge is 0.454 e. The highest BCUT2D eigenvalue weighted by atomic mass is 16.7. The van der Waals surface area contributed by atoms with Gasteiger partial charge < -0.3 is 25.0 Å². The van der Waals surface area contributed by atoms with Crippen molar-refractivity contribution < 1.29 is 19.1 Å². The fourth-order valence-electron chi connectivity index (χ4n) is 4.11. The highest BCUT2D eigenvalue weighted by Crippen LogP contribution is 2.32. The van der Waals surface area contributed by atoms with Gasteiger partial charge in [0.15, 0.2) is 11.5 Å². The number of piperazine rings is 1. The van der Waals surface area contributed by atoms with Crippen molar-refractivity contribution in [1.29, 1.82) is 0 Å². The minimum atomic E-state index is -0.312. The van der Waals surface area contributed by atoms with Crippen LogP contribution in [0.3, 0.4) is 0 Å². The number of ether oxygens (including phenoxy) is 2. The zero-order valence-corrected chi connectivity index (χ0v) is 19.1. The molecule has 0 unspecified atom stereocenters. The van der Waals surface area contributed by atoms with Crippen LogP contribution in [0.4, 0.5) is 5.69 Å². The molecule has 0 bridgehead atoms. The second-order valence-corrected chi connectivity index (χ2v) is 8.48. The van der Waals surface area contributed by atoms with Gasteiger partial charge in [0.25, 0.3) is 5.91 Å². The Morgan fingerprint density at radius 3 is 2.58 bits per heavy atom. The smallest absolute Gasteiger partial charge is 0.251 e. The van der Waals surface area contributed by atoms with Gasteiger partial charge in [-0.3, -0.25) is 14.5 Å². The first-order valence-electron chi connectivity index (χ1n) is 11.6. The number of nitrogens with one attached hydrogen (secondary N) is 2. The van der Waals surface area contributed by atoms with Crippen LogP contribution in [0.5, 0.6) is 11.5 Å². The van der Waals surface area contributed by atoms with Crippen LogP contribution in [0.15, 0.2) is 42.5 Å². The molecule has 0 atom stereocenters. The predicted octanol–water partition coefficient (Wildman–Crippen LogP) is 2.17. The van der Waals surface area contributed by atoms with Gasteiger partial charge in [0.05, 0.1) is 6.54 Å². The Kier molecular flexibility index (Phi) is 7.67. The summed E-state index contributed by atoms with van der Waals surface area (Å²) in [5.41, 5.74) is 3.04. The molecule has 2 aliphatic rings. The van der Waals surface area contributed by atoms with Crippen molar-refractivity contribution in [3.05, 3.63) is 53.6 Å². The number of amides is 2. The molecule has 2 aromatic rings. The number of carbonyl (C=O) groups excluding carboxylic acids is 2. The third kappa shape index (κ3) is 6.38. The van der Waals surface area contributed by atoms with E-state index < -0.39 is 0 Å². The second kappa shape index (κ2) is 11.0. The molecule has 0 aromatic heterocycles. The van der Waals surface area contributed by atoms with Gasteiger partial charge in [-0.25, -0.2) is 0 Å². The average Bonchev–Trinajstić information content (AvgIpc) is 3.31. The summed E-state index contributed by atoms with van der Waals surface area (Å²) in [6.45, 7) is 8.11. The van der Waals surface area contributed by atoms with Crippen molar-refractivity contribution in [3.8, 4) is 11.5 Å². The number of hydrogen-bond donors (Lipinski definition) is 2. The summed E-state index contributed by atoms with van der Waals surface area (Å²) in [6, 6.07) is 13.6. The third-order valence-corrected chi connectivity index (χ3v) is 6.01. The number of anilines is 1. The van der Waals surface area contributed by atoms with E-state index in [1.54, 1.807) is 18.2 Å². The lowest BCUT2D eigenvalue weighted by atomic mass is 10.2. The maximum atomic E-state index is 12.2. The first kappa shape index (κ1) is 22.9. The van der Waals surface area contributed by atoms with Crippen molar-refractivity contribution in [2.45, 2.75) is 19.8 Å². The fourth-order valence-corrected chi connectivity index (χ4v) is 4.11. The van der Waals surface area contributed by atoms with Crippen LogP contribution in [0, 0.1) is 6.92 Å². The summed E-state index contributed by atoms with van der Waals surface area (Å²) >= 11 is 0. The summed E-state index contributed by atoms with van der Waals surface area (Å²) < 4.78 is 10.5. The maximum absolute atomic E-state index is 12.2. The number of fused-ring (bicyclic) bond motifs is 1. The van der Waals surface area contributed by atoms with E-state index in [4.69, 9.17) is 9.47 Å². The normalized spacial score (nSPS) is 15.4. The van der Waals surface area contributed by atoms with Crippen molar-refractivity contribution in [3.63, 3.8) is 0 Å². The Balaban J connectivity index is 1.06. The van der Waals surface area contributed by atoms with E-state index in [2.05, 4.69) is 51.6 Å². The number of aryl methyl sites for hydroxylation is 1. The van der Waals surface area contributed by atoms with Crippen molar-refractivity contribution >= 4 is 17.5 Å². The first-order chi connectivity index (χ1) is 16.1. The van der Waals surface area contributed by atoms with Crippen LogP contribution < -0.4 is 25.0 Å². The van der Waals surface area contributed by atoms with Crippen LogP contribution in [0.1, 0.15) is 28.8 Å². The molecular weight excluding hydrogens is 420 g/mol. The Labute approximate surface area is 194 Å². The molecule has 0 aliphatic carbocycles. The first-order valence-corrected chi connectivity index (χ1v) is 11.6. The van der Waals surface area contributed by atoms with Crippen molar-refractivity contribution in [1.82, 2.24) is 15.5 Å². The van der Waals surface area contributed by atoms with Crippen molar-refractivity contribution in [2.75, 3.05) is 57.5 Å². The number of unbranched alkanes of at least 4 members (excludes halogenated alkanes) is 1. The molecule has 0 spiro atoms. The van der Waals surface area contributed by atoms with E-state index in [1.807, 2.05) is 0 Å². The quantitative estimate of drug-likeness (QED) is 0.568. The maximum Gasteiger partial charge on any atom is 0.251 e. The molecule has 2 aromatic carbocycles. The molecule has 1 fully saturated rings. The molecule has 1 saturated heterocycles. The molecule has 4 rings (SSSR count). The topological polar surface area (TPSA) is 83.1 Å². The van der Waals surface area contributed by atoms with Gasteiger partial charge in [0, 0.05) is 44.0 Å². The van der Waals surface area contributed by atoms with Gasteiger partial charge >= 0.3 is 0 Å². The highest BCUT2D eigenvalue weighted by molar-refractivity contribution is 5.97. The van der Waals surface area contributed by atoms with E-state index in [0.29, 0.717) is 23.6 Å². The van der Waals surface area contributed by atoms with E-state index >= 15 is 0 Å². The van der Waals surface area contributed by atoms with Gasteiger partial charge in [-0.1, -0.05) is 12.1 Å². The molecule has 2 N–H and O–H groups in total. The summed E-state index contributed by atoms with van der Waals surface area (Å²) in [7, 11) is 0. The number of benzene rings is 2. The van der Waals surface area contributed by atoms with Crippen LogP contribution in [-0.2, 0) is 4.79 Å². The predicted molar refractivity (Wildman–Crippen MR) is 127 cm³/mol. The number of carbonyl (C=O) groups is 2. The van der Waals surface area contributed by atoms with Crippen LogP contribution >= 0.6 is 0 Å². The zero-order chi connectivity index (χ0) is 23.0. The summed E-state index contributed by atoms with van der Waals surface area (Å²) in [5, 5.41) is 5.52. The molecule has 2 amide bonds. The highest BCUT2D eigenvalue weighted by Gasteiger charge is 2.18. The van der Waals surface area contributed by atoms with Gasteiger partial charge in [0.1, 0.15) is 0 Å². The summed E-state index contributed by atoms with van der Waals surface area (Å²) in [4.78, 5) is 29.2. The van der Waals surface area contributed by atoms with E-state index in [9.17, 15) is 9.59 Å². The Morgan fingerprint density at radius 2 is 1.76 bits per heavy atom. The van der Waals surface area contributed by atoms with Gasteiger partial charge in [0.2, 0.25) is 12.7 Å². The van der Waals surface area contributed by atoms with Crippen LogP contribution in [0.2, 0.25) is 0 Å². The molecule has 8 nitrogen and oxygen atoms in total. The molecule has 8 heteroatoms. The van der Waals surface area contributed by atoms with E-state index in [-0.39, 0.29) is 25.2 Å². The lowest BCUT2D eigenvalue weighted by molar-refractivity contribution is -0.120. The number of nitrogens with zero attached hydrogens (tertiary/aromatic N) is 2. The van der Waals surface area contributed by atoms with E-state index in [0.717, 1.165) is 45.6 Å². The Bertz CT molecular complexity index is 973. The SMILES string of the molecule is Cc1cccc(N2CCN(CCCCNC(=O)CNC(=O)c3ccc4c(c3)OCO4)CC2)c1. The second-order valence-electron chi connectivity index (χ2n) is 8.48. The monoisotopic (exact) mass is 452 g/mol. The van der Waals surface area contributed by atoms with Gasteiger partial charge in [-0.05, 0) is 62.2 Å². The summed E-state index contributed by atoms with van der Waals surface area (Å²) in [6.07, 6.45) is 1.95. The molecule has 2 aliphatic heterocycles. The zero-order valence-electron chi connectivity index (χ0n) is 19.1. The Morgan fingerprint density at radius 1 is 0.939 bits per heavy atom. The van der Waals surface area contributed by atoms with Crippen LogP contribution in [-0.4, -0.2) is 69.3 Å². The third-order valence-electron chi connectivity index (χ3n) is 6.01. The lowest BCUT2D eigenvalue weighted by Gasteiger charge is -2.36. The Hall–Kier alpha value is -3.26. The molecule has 33 heavy (non-hydrogen) atoms. The van der Waals surface area contributed by atoms with Crippen molar-refractivity contribution in [2.24, 2.45) is 0 Å². The number of hydrogen-bond acceptors (Lipinski definition) is 6. The minimum Gasteiger partial charge on any atom is -0.454 e. The minimum absolute atomic E-state index is 0.0474. The standard InChI is InChI=1S/C25H32N4O4/c1-19-5-4-6-21(15-19)29-13-11-28(12-14-29)10-3-2-9-26-24(30)17-27-25(31)20-7-8-22-23(16-20)33-18-32-22/h4-8,15-16H,2-3,9-14,17-18H2,1H3,(H,26,30)(H,27,31). The van der Waals surface area contributed by atoms with Gasteiger partial charge in [-0.2, -0.15) is 0 Å². The summed E-state index contributed by atoms with van der Waals surface area (Å²) in [5.74, 6) is 0.672. The fraction of sp³-hybridized carbons (Fsp3) is 0.440. The molecular formula is C25H32N4O4. The average molecular weight is 453 g/mol. The molecule has 0 saturated carbocycles. The van der Waals surface area contributed by atoms with Gasteiger partial charge in [-0.15, -0.1) is 0 Å². The molecule has 2 heterocycles. The number of rotatable bonds is 9.